The maximum Gasteiger partial charge on any atom is 0.340 e. The maximum absolute atomic E-state index is 11.8. The molecule has 0 amide bonds. The molecule has 0 atom stereocenters. The molecule has 0 aliphatic heterocycles. The van der Waals surface area contributed by atoms with E-state index in [0.717, 1.165) is 11.4 Å². The molecule has 0 radical (unpaired) electrons. The molecule has 0 saturated carbocycles. The van der Waals surface area contributed by atoms with Crippen molar-refractivity contribution in [2.45, 2.75) is 6.54 Å². The summed E-state index contributed by atoms with van der Waals surface area (Å²) in [6.07, 6.45) is 0. The van der Waals surface area contributed by atoms with Crippen molar-refractivity contribution in [3.05, 3.63) is 40.3 Å². The van der Waals surface area contributed by atoms with Gasteiger partial charge in [-0.2, -0.15) is 0 Å². The molecule has 100 valence electrons. The number of carbonyl (C=O) groups is 1. The molecule has 5 nitrogen and oxygen atoms in total. The zero-order valence-electron chi connectivity index (χ0n) is 10.8. The number of benzene rings is 1. The highest BCUT2D eigenvalue weighted by Gasteiger charge is 2.16. The van der Waals surface area contributed by atoms with Gasteiger partial charge in [-0.15, -0.1) is 11.3 Å². The van der Waals surface area contributed by atoms with Crippen LogP contribution in [0.15, 0.2) is 29.1 Å². The average molecular weight is 277 g/mol. The Morgan fingerprint density at radius 3 is 2.95 bits per heavy atom. The number of esters is 1. The monoisotopic (exact) mass is 277 g/mol. The van der Waals surface area contributed by atoms with Crippen LogP contribution in [0.4, 0.5) is 11.4 Å². The zero-order chi connectivity index (χ0) is 13.8. The second kappa shape index (κ2) is 5.71. The van der Waals surface area contributed by atoms with Gasteiger partial charge in [0.25, 0.3) is 0 Å². The molecule has 6 heteroatoms. The van der Waals surface area contributed by atoms with E-state index in [1.54, 1.807) is 29.0 Å². The van der Waals surface area contributed by atoms with E-state index in [9.17, 15) is 4.79 Å². The highest BCUT2D eigenvalue weighted by molar-refractivity contribution is 7.07. The topological polar surface area (TPSA) is 68.5 Å². The maximum atomic E-state index is 11.8. The van der Waals surface area contributed by atoms with Crippen LogP contribution < -0.4 is 10.6 Å². The van der Waals surface area contributed by atoms with Gasteiger partial charge in [-0.25, -0.2) is 9.78 Å². The number of methoxy groups -OCH3 is 1. The number of hydrogen-bond acceptors (Lipinski definition) is 6. The molecule has 2 rings (SSSR count). The molecule has 0 saturated heterocycles. The Morgan fingerprint density at radius 2 is 2.32 bits per heavy atom. The van der Waals surface area contributed by atoms with Crippen LogP contribution in [-0.4, -0.2) is 25.1 Å². The van der Waals surface area contributed by atoms with Gasteiger partial charge >= 0.3 is 5.97 Å². The first kappa shape index (κ1) is 13.4. The summed E-state index contributed by atoms with van der Waals surface area (Å²) < 4.78 is 4.78. The highest BCUT2D eigenvalue weighted by atomic mass is 32.1. The molecule has 0 unspecified atom stereocenters. The van der Waals surface area contributed by atoms with Crippen LogP contribution in [-0.2, 0) is 11.3 Å². The van der Waals surface area contributed by atoms with Gasteiger partial charge in [0, 0.05) is 18.1 Å². The minimum atomic E-state index is -0.396. The Bertz CT molecular complexity index is 569. The first-order valence-corrected chi connectivity index (χ1v) is 6.62. The van der Waals surface area contributed by atoms with Gasteiger partial charge in [0.15, 0.2) is 0 Å². The summed E-state index contributed by atoms with van der Waals surface area (Å²) in [5.74, 6) is -0.396. The van der Waals surface area contributed by atoms with E-state index in [0.29, 0.717) is 17.8 Å². The van der Waals surface area contributed by atoms with E-state index in [-0.39, 0.29) is 0 Å². The molecule has 2 N–H and O–H groups in total. The van der Waals surface area contributed by atoms with Crippen LogP contribution in [0.2, 0.25) is 0 Å². The molecule has 0 bridgehead atoms. The Hall–Kier alpha value is -2.08. The lowest BCUT2D eigenvalue weighted by molar-refractivity contribution is 0.0601. The largest absolute Gasteiger partial charge is 0.465 e. The van der Waals surface area contributed by atoms with E-state index in [1.165, 1.54) is 7.11 Å². The number of nitrogens with two attached hydrogens (primary N) is 1. The number of hydrogen-bond donors (Lipinski definition) is 1. The van der Waals surface area contributed by atoms with Crippen LogP contribution in [0, 0.1) is 0 Å². The number of aromatic nitrogens is 1. The minimum Gasteiger partial charge on any atom is -0.465 e. The molecule has 0 spiro atoms. The molecular formula is C13H15N3O2S. The van der Waals surface area contributed by atoms with Crippen molar-refractivity contribution >= 4 is 28.7 Å². The molecule has 19 heavy (non-hydrogen) atoms. The Kier molecular flexibility index (Phi) is 4.01. The molecule has 1 heterocycles. The number of carbonyl (C=O) groups excluding carboxylic acids is 1. The third-order valence-corrected chi connectivity index (χ3v) is 3.36. The second-order valence-corrected chi connectivity index (χ2v) is 4.82. The fourth-order valence-electron chi connectivity index (χ4n) is 1.80. The van der Waals surface area contributed by atoms with Crippen molar-refractivity contribution < 1.29 is 9.53 Å². The fourth-order valence-corrected chi connectivity index (χ4v) is 2.35. The van der Waals surface area contributed by atoms with Gasteiger partial charge in [0.2, 0.25) is 0 Å². The van der Waals surface area contributed by atoms with Gasteiger partial charge < -0.3 is 15.4 Å². The summed E-state index contributed by atoms with van der Waals surface area (Å²) in [4.78, 5) is 18.0. The summed E-state index contributed by atoms with van der Waals surface area (Å²) in [6.45, 7) is 0.622. The molecule has 0 aliphatic rings. The van der Waals surface area contributed by atoms with E-state index in [1.807, 2.05) is 23.4 Å². The summed E-state index contributed by atoms with van der Waals surface area (Å²) in [5.41, 5.74) is 10.2. The zero-order valence-corrected chi connectivity index (χ0v) is 11.6. The number of ether oxygens (including phenoxy) is 1. The summed E-state index contributed by atoms with van der Waals surface area (Å²) in [6, 6.07) is 5.20. The molecule has 0 fully saturated rings. The number of thiazole rings is 1. The Labute approximate surface area is 115 Å². The minimum absolute atomic E-state index is 0.396. The number of rotatable bonds is 4. The number of anilines is 2. The Balaban J connectivity index is 2.30. The lowest BCUT2D eigenvalue weighted by atomic mass is 10.1. The molecular weight excluding hydrogens is 262 g/mol. The van der Waals surface area contributed by atoms with Crippen molar-refractivity contribution in [2.75, 3.05) is 24.8 Å². The summed E-state index contributed by atoms with van der Waals surface area (Å²) in [5, 5.41) is 1.98. The lowest BCUT2D eigenvalue weighted by Gasteiger charge is -2.21. The lowest BCUT2D eigenvalue weighted by Crippen LogP contribution is -2.20. The summed E-state index contributed by atoms with van der Waals surface area (Å²) in [7, 11) is 3.26. The number of nitrogen functional groups attached to an aromatic ring is 1. The smallest absolute Gasteiger partial charge is 0.340 e. The average Bonchev–Trinajstić information content (AvgIpc) is 2.90. The third-order valence-electron chi connectivity index (χ3n) is 2.72. The predicted molar refractivity (Wildman–Crippen MR) is 76.4 cm³/mol. The molecule has 1 aromatic heterocycles. The van der Waals surface area contributed by atoms with Crippen LogP contribution in [0.3, 0.4) is 0 Å². The van der Waals surface area contributed by atoms with Crippen molar-refractivity contribution in [3.8, 4) is 0 Å². The first-order chi connectivity index (χ1) is 9.11. The van der Waals surface area contributed by atoms with Crippen molar-refractivity contribution in [2.24, 2.45) is 0 Å². The highest BCUT2D eigenvalue weighted by Crippen LogP contribution is 2.24. The molecule has 1 aromatic carbocycles. The fraction of sp³-hybridized carbons (Fsp3) is 0.231. The van der Waals surface area contributed by atoms with Crippen molar-refractivity contribution in [1.82, 2.24) is 4.98 Å². The van der Waals surface area contributed by atoms with Gasteiger partial charge in [0.1, 0.15) is 0 Å². The second-order valence-electron chi connectivity index (χ2n) is 4.10. The van der Waals surface area contributed by atoms with E-state index >= 15 is 0 Å². The number of nitrogens with zero attached hydrogens (tertiary/aromatic N) is 2. The van der Waals surface area contributed by atoms with E-state index < -0.39 is 5.97 Å². The first-order valence-electron chi connectivity index (χ1n) is 5.68. The van der Waals surface area contributed by atoms with E-state index in [2.05, 4.69) is 4.98 Å². The SMILES string of the molecule is COC(=O)c1cc(N)ccc1N(C)Cc1cscn1. The quantitative estimate of drug-likeness (QED) is 0.685. The van der Waals surface area contributed by atoms with Crippen LogP contribution >= 0.6 is 11.3 Å². The van der Waals surface area contributed by atoms with Crippen LogP contribution in [0.25, 0.3) is 0 Å². The van der Waals surface area contributed by atoms with E-state index in [4.69, 9.17) is 10.5 Å². The van der Waals surface area contributed by atoms with Gasteiger partial charge in [-0.05, 0) is 18.2 Å². The van der Waals surface area contributed by atoms with Crippen LogP contribution in [0.1, 0.15) is 16.1 Å². The van der Waals surface area contributed by atoms with Gasteiger partial charge in [0.05, 0.1) is 36.1 Å². The predicted octanol–water partition coefficient (Wildman–Crippen LogP) is 2.15. The van der Waals surface area contributed by atoms with Crippen LogP contribution in [0.5, 0.6) is 0 Å². The normalized spacial score (nSPS) is 10.2. The van der Waals surface area contributed by atoms with Gasteiger partial charge in [-0.3, -0.25) is 0 Å². The third kappa shape index (κ3) is 3.03. The standard InChI is InChI=1S/C13H15N3O2S/c1-16(6-10-7-19-8-15-10)12-4-3-9(14)5-11(12)13(17)18-2/h3-5,7-8H,6,14H2,1-2H3. The Morgan fingerprint density at radius 1 is 1.53 bits per heavy atom. The van der Waals surface area contributed by atoms with Crippen molar-refractivity contribution in [1.29, 1.82) is 0 Å². The molecule has 0 aliphatic carbocycles. The summed E-state index contributed by atoms with van der Waals surface area (Å²) >= 11 is 1.54. The van der Waals surface area contributed by atoms with Gasteiger partial charge in [-0.1, -0.05) is 0 Å². The van der Waals surface area contributed by atoms with Crippen molar-refractivity contribution in [3.63, 3.8) is 0 Å². The molecule has 2 aromatic rings.